The molecule has 0 aromatic heterocycles. The van der Waals surface area contributed by atoms with Gasteiger partial charge in [0.05, 0.1) is 7.11 Å². The quantitative estimate of drug-likeness (QED) is 0.367. The minimum absolute atomic E-state index is 0.855. The third-order valence-electron chi connectivity index (χ3n) is 3.23. The number of nitrogen functional groups attached to an aromatic ring is 1. The van der Waals surface area contributed by atoms with Gasteiger partial charge in [-0.05, 0) is 30.4 Å². The second-order valence-corrected chi connectivity index (χ2v) is 6.01. The Morgan fingerprint density at radius 3 is 2.42 bits per heavy atom. The maximum absolute atomic E-state index is 5.96. The van der Waals surface area contributed by atoms with Crippen LogP contribution in [0, 0.1) is 0 Å². The highest BCUT2D eigenvalue weighted by atomic mass is 32.2. The second-order valence-electron chi connectivity index (χ2n) is 4.87. The van der Waals surface area contributed by atoms with E-state index in [1.807, 2.05) is 30.0 Å². The first-order valence-corrected chi connectivity index (χ1v) is 8.32. The van der Waals surface area contributed by atoms with Crippen LogP contribution >= 0.6 is 11.8 Å². The van der Waals surface area contributed by atoms with E-state index in [9.17, 15) is 0 Å². The van der Waals surface area contributed by atoms with E-state index in [4.69, 9.17) is 10.5 Å². The summed E-state index contributed by atoms with van der Waals surface area (Å²) in [4.78, 5) is 1.14. The number of ether oxygens (including phenoxy) is 1. The number of anilines is 1. The van der Waals surface area contributed by atoms with Crippen LogP contribution in [0.4, 0.5) is 5.69 Å². The Bertz CT molecular complexity index is 355. The third kappa shape index (κ3) is 6.76. The van der Waals surface area contributed by atoms with Gasteiger partial charge in [0.2, 0.25) is 0 Å². The highest BCUT2D eigenvalue weighted by molar-refractivity contribution is 7.99. The molecule has 0 aliphatic rings. The van der Waals surface area contributed by atoms with Crippen molar-refractivity contribution >= 4 is 17.4 Å². The molecule has 0 atom stereocenters. The summed E-state index contributed by atoms with van der Waals surface area (Å²) in [6.07, 6.45) is 9.47. The van der Waals surface area contributed by atoms with Gasteiger partial charge in [-0.3, -0.25) is 0 Å². The molecule has 108 valence electrons. The lowest BCUT2D eigenvalue weighted by Crippen LogP contribution is -1.91. The van der Waals surface area contributed by atoms with Gasteiger partial charge in [0.25, 0.3) is 0 Å². The Morgan fingerprint density at radius 2 is 1.74 bits per heavy atom. The molecule has 0 saturated carbocycles. The van der Waals surface area contributed by atoms with E-state index < -0.39 is 0 Å². The number of hydrogen-bond donors (Lipinski definition) is 1. The van der Waals surface area contributed by atoms with Crippen LogP contribution < -0.4 is 10.5 Å². The van der Waals surface area contributed by atoms with Gasteiger partial charge in [0.15, 0.2) is 0 Å². The zero-order valence-corrected chi connectivity index (χ0v) is 13.1. The SMILES string of the molecule is CCCCCCCCCSc1cc(OC)ccc1N. The largest absolute Gasteiger partial charge is 0.497 e. The Labute approximate surface area is 122 Å². The standard InChI is InChI=1S/C16H27NOS/c1-3-4-5-6-7-8-9-12-19-16-13-14(18-2)10-11-15(16)17/h10-11,13H,3-9,12,17H2,1-2H3. The summed E-state index contributed by atoms with van der Waals surface area (Å²) >= 11 is 1.84. The third-order valence-corrected chi connectivity index (χ3v) is 4.38. The highest BCUT2D eigenvalue weighted by Crippen LogP contribution is 2.29. The van der Waals surface area contributed by atoms with Crippen molar-refractivity contribution in [2.24, 2.45) is 0 Å². The van der Waals surface area contributed by atoms with E-state index in [-0.39, 0.29) is 0 Å². The molecule has 1 aromatic carbocycles. The minimum atomic E-state index is 0.855. The van der Waals surface area contributed by atoms with Crippen LogP contribution in [0.25, 0.3) is 0 Å². The van der Waals surface area contributed by atoms with Crippen LogP contribution in [0.3, 0.4) is 0 Å². The van der Waals surface area contributed by atoms with Gasteiger partial charge in [0.1, 0.15) is 5.75 Å². The summed E-state index contributed by atoms with van der Waals surface area (Å²) in [5.74, 6) is 2.03. The summed E-state index contributed by atoms with van der Waals surface area (Å²) in [6, 6.07) is 5.86. The molecule has 0 bridgehead atoms. The van der Waals surface area contributed by atoms with Crippen LogP contribution in [0.15, 0.2) is 23.1 Å². The summed E-state index contributed by atoms with van der Waals surface area (Å²) in [5.41, 5.74) is 6.82. The normalized spacial score (nSPS) is 10.6. The predicted molar refractivity (Wildman–Crippen MR) is 86.1 cm³/mol. The van der Waals surface area contributed by atoms with Gasteiger partial charge in [-0.1, -0.05) is 45.4 Å². The summed E-state index contributed by atoms with van der Waals surface area (Å²) in [7, 11) is 1.69. The molecule has 0 aliphatic heterocycles. The van der Waals surface area contributed by atoms with E-state index in [1.165, 1.54) is 44.9 Å². The van der Waals surface area contributed by atoms with Crippen LogP contribution in [0.1, 0.15) is 51.9 Å². The highest BCUT2D eigenvalue weighted by Gasteiger charge is 2.02. The molecule has 0 radical (unpaired) electrons. The van der Waals surface area contributed by atoms with Gasteiger partial charge >= 0.3 is 0 Å². The van der Waals surface area contributed by atoms with Crippen molar-refractivity contribution in [3.63, 3.8) is 0 Å². The van der Waals surface area contributed by atoms with Gasteiger partial charge in [-0.15, -0.1) is 11.8 Å². The summed E-state index contributed by atoms with van der Waals surface area (Å²) in [6.45, 7) is 2.26. The van der Waals surface area contributed by atoms with Crippen molar-refractivity contribution in [2.75, 3.05) is 18.6 Å². The Balaban J connectivity index is 2.15. The molecule has 0 heterocycles. The number of benzene rings is 1. The lowest BCUT2D eigenvalue weighted by molar-refractivity contribution is 0.414. The molecule has 0 amide bonds. The van der Waals surface area contributed by atoms with Crippen LogP contribution in [-0.4, -0.2) is 12.9 Å². The minimum Gasteiger partial charge on any atom is -0.497 e. The molecular weight excluding hydrogens is 254 g/mol. The van der Waals surface area contributed by atoms with Gasteiger partial charge in [-0.2, -0.15) is 0 Å². The molecular formula is C16H27NOS. The summed E-state index contributed by atoms with van der Waals surface area (Å²) < 4.78 is 5.22. The van der Waals surface area contributed by atoms with Gasteiger partial charge in [0, 0.05) is 10.6 Å². The first-order chi connectivity index (χ1) is 9.27. The van der Waals surface area contributed by atoms with Crippen molar-refractivity contribution in [1.82, 2.24) is 0 Å². The molecule has 0 saturated heterocycles. The monoisotopic (exact) mass is 281 g/mol. The summed E-state index contributed by atoms with van der Waals surface area (Å²) in [5, 5.41) is 0. The van der Waals surface area contributed by atoms with Gasteiger partial charge in [-0.25, -0.2) is 0 Å². The van der Waals surface area contributed by atoms with E-state index in [1.54, 1.807) is 7.11 Å². The zero-order chi connectivity index (χ0) is 13.9. The van der Waals surface area contributed by atoms with Crippen LogP contribution in [0.5, 0.6) is 5.75 Å². The number of hydrogen-bond acceptors (Lipinski definition) is 3. The topological polar surface area (TPSA) is 35.2 Å². The molecule has 19 heavy (non-hydrogen) atoms. The van der Waals surface area contributed by atoms with Crippen molar-refractivity contribution in [1.29, 1.82) is 0 Å². The maximum atomic E-state index is 5.96. The van der Waals surface area contributed by atoms with E-state index in [0.29, 0.717) is 0 Å². The number of rotatable bonds is 10. The fourth-order valence-corrected chi connectivity index (χ4v) is 3.01. The number of thioether (sulfide) groups is 1. The van der Waals surface area contributed by atoms with Crippen molar-refractivity contribution in [3.8, 4) is 5.75 Å². The average molecular weight is 281 g/mol. The molecule has 1 rings (SSSR count). The molecule has 2 N–H and O–H groups in total. The number of methoxy groups -OCH3 is 1. The van der Waals surface area contributed by atoms with Crippen molar-refractivity contribution < 1.29 is 4.74 Å². The van der Waals surface area contributed by atoms with Crippen LogP contribution in [-0.2, 0) is 0 Å². The van der Waals surface area contributed by atoms with Crippen molar-refractivity contribution in [2.45, 2.75) is 56.8 Å². The molecule has 1 aromatic rings. The predicted octanol–water partition coefficient (Wildman–Crippen LogP) is 5.12. The average Bonchev–Trinajstić information content (AvgIpc) is 2.43. The lowest BCUT2D eigenvalue weighted by atomic mass is 10.1. The van der Waals surface area contributed by atoms with E-state index in [0.717, 1.165) is 22.1 Å². The first kappa shape index (κ1) is 16.2. The van der Waals surface area contributed by atoms with E-state index in [2.05, 4.69) is 6.92 Å². The molecule has 0 aliphatic carbocycles. The first-order valence-electron chi connectivity index (χ1n) is 7.34. The fraction of sp³-hybridized carbons (Fsp3) is 0.625. The second kappa shape index (κ2) is 10.0. The lowest BCUT2D eigenvalue weighted by Gasteiger charge is -2.07. The smallest absolute Gasteiger partial charge is 0.120 e. The van der Waals surface area contributed by atoms with Gasteiger partial charge < -0.3 is 10.5 Å². The Morgan fingerprint density at radius 1 is 1.05 bits per heavy atom. The molecule has 0 spiro atoms. The maximum Gasteiger partial charge on any atom is 0.120 e. The van der Waals surface area contributed by atoms with E-state index >= 15 is 0 Å². The van der Waals surface area contributed by atoms with Crippen molar-refractivity contribution in [3.05, 3.63) is 18.2 Å². The number of unbranched alkanes of at least 4 members (excludes halogenated alkanes) is 6. The number of nitrogens with two attached hydrogens (primary N) is 1. The zero-order valence-electron chi connectivity index (χ0n) is 12.3. The Kier molecular flexibility index (Phi) is 8.55. The molecule has 2 nitrogen and oxygen atoms in total. The Hall–Kier alpha value is -0.830. The molecule has 0 fully saturated rings. The molecule has 3 heteroatoms. The van der Waals surface area contributed by atoms with Crippen LogP contribution in [0.2, 0.25) is 0 Å². The fourth-order valence-electron chi connectivity index (χ4n) is 2.01. The molecule has 0 unspecified atom stereocenters.